The first-order chi connectivity index (χ1) is 7.58. The van der Waals surface area contributed by atoms with Gasteiger partial charge in [-0.2, -0.15) is 0 Å². The minimum Gasteiger partial charge on any atom is -0.491 e. The third kappa shape index (κ3) is 3.42. The maximum absolute atomic E-state index is 11.0. The van der Waals surface area contributed by atoms with Crippen molar-refractivity contribution >= 4 is 17.6 Å². The van der Waals surface area contributed by atoms with Crippen molar-refractivity contribution in [3.05, 3.63) is 30.3 Å². The quantitative estimate of drug-likeness (QED) is 0.781. The number of benzene rings is 1. The normalized spacial score (nSPS) is 14.1. The van der Waals surface area contributed by atoms with Crippen LogP contribution in [0.4, 0.5) is 0 Å². The molecule has 1 aromatic rings. The van der Waals surface area contributed by atoms with Gasteiger partial charge in [-0.25, -0.2) is 0 Å². The van der Waals surface area contributed by atoms with E-state index in [4.69, 9.17) is 21.4 Å². The summed E-state index contributed by atoms with van der Waals surface area (Å²) in [6.45, 7) is 1.87. The van der Waals surface area contributed by atoms with Crippen LogP contribution in [-0.4, -0.2) is 22.6 Å². The van der Waals surface area contributed by atoms with E-state index in [0.717, 1.165) is 0 Å². The largest absolute Gasteiger partial charge is 0.491 e. The van der Waals surface area contributed by atoms with Crippen LogP contribution >= 0.6 is 11.6 Å². The van der Waals surface area contributed by atoms with Gasteiger partial charge < -0.3 is 9.84 Å². The van der Waals surface area contributed by atoms with E-state index >= 15 is 0 Å². The minimum atomic E-state index is -1.33. The highest BCUT2D eigenvalue weighted by Gasteiger charge is 2.36. The van der Waals surface area contributed by atoms with Crippen molar-refractivity contribution in [3.63, 3.8) is 0 Å². The van der Waals surface area contributed by atoms with Crippen molar-refractivity contribution in [2.75, 3.05) is 6.61 Å². The second kappa shape index (κ2) is 5.75. The molecule has 0 aliphatic heterocycles. The molecule has 0 aliphatic carbocycles. The van der Waals surface area contributed by atoms with Gasteiger partial charge in [0.1, 0.15) is 12.4 Å². The lowest BCUT2D eigenvalue weighted by molar-refractivity contribution is -0.141. The zero-order valence-corrected chi connectivity index (χ0v) is 9.91. The lowest BCUT2D eigenvalue weighted by atomic mass is 10.0. The first-order valence-corrected chi connectivity index (χ1v) is 5.56. The van der Waals surface area contributed by atoms with E-state index in [1.165, 1.54) is 0 Å². The average Bonchev–Trinajstić information content (AvgIpc) is 2.28. The Hall–Kier alpha value is -1.22. The molecule has 0 fully saturated rings. The van der Waals surface area contributed by atoms with Gasteiger partial charge in [-0.15, -0.1) is 11.6 Å². The van der Waals surface area contributed by atoms with Crippen LogP contribution in [0, 0.1) is 0 Å². The van der Waals surface area contributed by atoms with Gasteiger partial charge >= 0.3 is 5.97 Å². The molecule has 1 N–H and O–H groups in total. The highest BCUT2D eigenvalue weighted by atomic mass is 35.5. The van der Waals surface area contributed by atoms with Crippen LogP contribution in [0.2, 0.25) is 0 Å². The van der Waals surface area contributed by atoms with E-state index in [-0.39, 0.29) is 6.61 Å². The van der Waals surface area contributed by atoms with Gasteiger partial charge in [-0.3, -0.25) is 4.79 Å². The van der Waals surface area contributed by atoms with E-state index in [1.807, 2.05) is 25.1 Å². The number of ether oxygens (including phenoxy) is 1. The SMILES string of the molecule is CCCC(Cl)(COc1ccccc1)C(=O)O. The number of rotatable bonds is 6. The summed E-state index contributed by atoms with van der Waals surface area (Å²) in [6, 6.07) is 9.05. The Morgan fingerprint density at radius 2 is 2.06 bits per heavy atom. The molecule has 0 saturated carbocycles. The number of carboxylic acid groups (broad SMARTS) is 1. The maximum Gasteiger partial charge on any atom is 0.328 e. The standard InChI is InChI=1S/C12H15ClO3/c1-2-8-12(13,11(14)15)9-16-10-6-4-3-5-7-10/h3-7H,2,8-9H2,1H3,(H,14,15). The van der Waals surface area contributed by atoms with Gasteiger partial charge in [-0.1, -0.05) is 31.5 Å². The van der Waals surface area contributed by atoms with Crippen molar-refractivity contribution in [1.29, 1.82) is 0 Å². The Labute approximate surface area is 100.0 Å². The lowest BCUT2D eigenvalue weighted by Crippen LogP contribution is -2.38. The molecule has 1 atom stereocenters. The first kappa shape index (κ1) is 12.8. The van der Waals surface area contributed by atoms with E-state index in [9.17, 15) is 4.79 Å². The van der Waals surface area contributed by atoms with Crippen molar-refractivity contribution < 1.29 is 14.6 Å². The molecule has 0 amide bonds. The number of halogens is 1. The highest BCUT2D eigenvalue weighted by Crippen LogP contribution is 2.24. The van der Waals surface area contributed by atoms with Gasteiger partial charge in [0.25, 0.3) is 0 Å². The number of carboxylic acids is 1. The van der Waals surface area contributed by atoms with Gasteiger partial charge in [-0.05, 0) is 18.6 Å². The summed E-state index contributed by atoms with van der Waals surface area (Å²) in [5, 5.41) is 9.03. The fourth-order valence-corrected chi connectivity index (χ4v) is 1.60. The van der Waals surface area contributed by atoms with Crippen molar-refractivity contribution in [1.82, 2.24) is 0 Å². The molecule has 0 aliphatic rings. The van der Waals surface area contributed by atoms with Crippen LogP contribution in [0.3, 0.4) is 0 Å². The van der Waals surface area contributed by atoms with Gasteiger partial charge in [0, 0.05) is 0 Å². The Bertz CT molecular complexity index is 339. The Balaban J connectivity index is 2.60. The van der Waals surface area contributed by atoms with Crippen LogP contribution in [0.5, 0.6) is 5.75 Å². The first-order valence-electron chi connectivity index (χ1n) is 5.18. The number of aliphatic carboxylic acids is 1. The van der Waals surface area contributed by atoms with Gasteiger partial charge in [0.2, 0.25) is 0 Å². The summed E-state index contributed by atoms with van der Waals surface area (Å²) in [4.78, 5) is 9.69. The molecular formula is C12H15ClO3. The summed E-state index contributed by atoms with van der Waals surface area (Å²) < 4.78 is 5.37. The predicted molar refractivity (Wildman–Crippen MR) is 63.1 cm³/mol. The molecule has 0 spiro atoms. The predicted octanol–water partition coefficient (Wildman–Crippen LogP) is 2.93. The van der Waals surface area contributed by atoms with E-state index < -0.39 is 10.8 Å². The fourth-order valence-electron chi connectivity index (χ4n) is 1.35. The van der Waals surface area contributed by atoms with E-state index in [0.29, 0.717) is 18.6 Å². The summed E-state index contributed by atoms with van der Waals surface area (Å²) in [5.74, 6) is -0.406. The van der Waals surface area contributed by atoms with Crippen molar-refractivity contribution in [3.8, 4) is 5.75 Å². The molecule has 1 rings (SSSR count). The second-order valence-corrected chi connectivity index (χ2v) is 4.35. The zero-order valence-electron chi connectivity index (χ0n) is 9.15. The highest BCUT2D eigenvalue weighted by molar-refractivity contribution is 6.33. The van der Waals surface area contributed by atoms with Gasteiger partial charge in [0.05, 0.1) is 0 Å². The van der Waals surface area contributed by atoms with E-state index in [1.54, 1.807) is 12.1 Å². The number of alkyl halides is 1. The van der Waals surface area contributed by atoms with E-state index in [2.05, 4.69) is 0 Å². The Kier molecular flexibility index (Phi) is 4.62. The van der Waals surface area contributed by atoms with Crippen LogP contribution in [0.25, 0.3) is 0 Å². The van der Waals surface area contributed by atoms with Crippen LogP contribution < -0.4 is 4.74 Å². The molecule has 1 aromatic carbocycles. The number of hydrogen-bond donors (Lipinski definition) is 1. The van der Waals surface area contributed by atoms with Crippen LogP contribution in [0.1, 0.15) is 19.8 Å². The Morgan fingerprint density at radius 1 is 1.44 bits per heavy atom. The monoisotopic (exact) mass is 242 g/mol. The second-order valence-electron chi connectivity index (χ2n) is 3.62. The molecule has 16 heavy (non-hydrogen) atoms. The van der Waals surface area contributed by atoms with Crippen molar-refractivity contribution in [2.24, 2.45) is 0 Å². The topological polar surface area (TPSA) is 46.5 Å². The molecule has 0 radical (unpaired) electrons. The molecule has 0 saturated heterocycles. The third-order valence-corrected chi connectivity index (χ3v) is 2.70. The molecule has 4 heteroatoms. The number of para-hydroxylation sites is 1. The number of hydrogen-bond acceptors (Lipinski definition) is 2. The summed E-state index contributed by atoms with van der Waals surface area (Å²) in [5.41, 5.74) is 0. The van der Waals surface area contributed by atoms with Crippen LogP contribution in [-0.2, 0) is 4.79 Å². The minimum absolute atomic E-state index is 0.0260. The maximum atomic E-state index is 11.0. The Morgan fingerprint density at radius 3 is 2.56 bits per heavy atom. The molecule has 88 valence electrons. The molecule has 0 aromatic heterocycles. The summed E-state index contributed by atoms with van der Waals surface area (Å²) in [6.07, 6.45) is 1.09. The molecule has 0 bridgehead atoms. The van der Waals surface area contributed by atoms with Gasteiger partial charge in [0.15, 0.2) is 4.87 Å². The zero-order chi connectivity index (χ0) is 12.0. The smallest absolute Gasteiger partial charge is 0.328 e. The van der Waals surface area contributed by atoms with Crippen molar-refractivity contribution in [2.45, 2.75) is 24.6 Å². The summed E-state index contributed by atoms with van der Waals surface area (Å²) in [7, 11) is 0. The molecule has 0 heterocycles. The molecule has 1 unspecified atom stereocenters. The molecular weight excluding hydrogens is 228 g/mol. The number of carbonyl (C=O) groups is 1. The average molecular weight is 243 g/mol. The summed E-state index contributed by atoms with van der Waals surface area (Å²) >= 11 is 6.00. The fraction of sp³-hybridized carbons (Fsp3) is 0.417. The third-order valence-electron chi connectivity index (χ3n) is 2.24. The van der Waals surface area contributed by atoms with Crippen LogP contribution in [0.15, 0.2) is 30.3 Å². The lowest BCUT2D eigenvalue weighted by Gasteiger charge is -2.21. The molecule has 3 nitrogen and oxygen atoms in total.